The summed E-state index contributed by atoms with van der Waals surface area (Å²) >= 11 is 0. The molecule has 0 aromatic heterocycles. The lowest BCUT2D eigenvalue weighted by Crippen LogP contribution is -2.28. The summed E-state index contributed by atoms with van der Waals surface area (Å²) in [6, 6.07) is 0. The average Bonchev–Trinajstić information content (AvgIpc) is 2.11. The molecular formula is C8H17NO5S. The molecule has 0 heterocycles. The Labute approximate surface area is 90.1 Å². The summed E-state index contributed by atoms with van der Waals surface area (Å²) < 4.78 is 30.2. The molecule has 0 aliphatic carbocycles. The van der Waals surface area contributed by atoms with Gasteiger partial charge in [-0.15, -0.1) is 0 Å². The second kappa shape index (κ2) is 7.47. The average molecular weight is 239 g/mol. The van der Waals surface area contributed by atoms with Gasteiger partial charge in [0.15, 0.2) is 0 Å². The van der Waals surface area contributed by atoms with E-state index in [1.807, 2.05) is 6.92 Å². The van der Waals surface area contributed by atoms with E-state index in [1.165, 1.54) is 0 Å². The summed E-state index contributed by atoms with van der Waals surface area (Å²) in [5.41, 5.74) is 0. The monoisotopic (exact) mass is 239 g/mol. The van der Waals surface area contributed by atoms with Gasteiger partial charge in [0, 0.05) is 6.54 Å². The van der Waals surface area contributed by atoms with Crippen molar-refractivity contribution >= 4 is 16.2 Å². The molecule has 0 unspecified atom stereocenters. The van der Waals surface area contributed by atoms with Crippen LogP contribution >= 0.6 is 0 Å². The zero-order valence-corrected chi connectivity index (χ0v) is 9.80. The fourth-order valence-electron chi connectivity index (χ4n) is 0.706. The fraction of sp³-hybridized carbons (Fsp3) is 0.875. The van der Waals surface area contributed by atoms with E-state index in [1.54, 1.807) is 0 Å². The van der Waals surface area contributed by atoms with Crippen LogP contribution in [0.5, 0.6) is 0 Å². The molecule has 0 aromatic rings. The zero-order valence-electron chi connectivity index (χ0n) is 8.99. The SMILES string of the molecule is CCCCOC(=O)NCCOS(C)(=O)=O. The van der Waals surface area contributed by atoms with Crippen molar-refractivity contribution in [2.45, 2.75) is 19.8 Å². The Bertz CT molecular complexity index is 275. The highest BCUT2D eigenvalue weighted by Crippen LogP contribution is 1.88. The molecular weight excluding hydrogens is 222 g/mol. The second-order valence-corrected chi connectivity index (χ2v) is 4.59. The van der Waals surface area contributed by atoms with Gasteiger partial charge in [-0.1, -0.05) is 13.3 Å². The van der Waals surface area contributed by atoms with Crippen molar-refractivity contribution < 1.29 is 22.1 Å². The van der Waals surface area contributed by atoms with Crippen LogP contribution in [0.2, 0.25) is 0 Å². The van der Waals surface area contributed by atoms with E-state index in [4.69, 9.17) is 4.74 Å². The van der Waals surface area contributed by atoms with Gasteiger partial charge in [-0.3, -0.25) is 4.18 Å². The maximum Gasteiger partial charge on any atom is 0.407 e. The largest absolute Gasteiger partial charge is 0.450 e. The molecule has 15 heavy (non-hydrogen) atoms. The van der Waals surface area contributed by atoms with Gasteiger partial charge in [0.05, 0.1) is 19.5 Å². The highest BCUT2D eigenvalue weighted by atomic mass is 32.2. The van der Waals surface area contributed by atoms with E-state index in [0.717, 1.165) is 19.1 Å². The Kier molecular flexibility index (Phi) is 7.06. The van der Waals surface area contributed by atoms with E-state index >= 15 is 0 Å². The van der Waals surface area contributed by atoms with Crippen LogP contribution in [0.25, 0.3) is 0 Å². The molecule has 6 nitrogen and oxygen atoms in total. The summed E-state index contributed by atoms with van der Waals surface area (Å²) in [7, 11) is -3.44. The molecule has 0 spiro atoms. The predicted octanol–water partition coefficient (Wildman–Crippen LogP) is 0.489. The number of carbonyl (C=O) groups excluding carboxylic acids is 1. The Hall–Kier alpha value is -0.820. The van der Waals surface area contributed by atoms with Gasteiger partial charge in [0.25, 0.3) is 10.1 Å². The van der Waals surface area contributed by atoms with Crippen LogP contribution in [0.3, 0.4) is 0 Å². The van der Waals surface area contributed by atoms with Gasteiger partial charge in [0.2, 0.25) is 0 Å². The Morgan fingerprint density at radius 2 is 2.00 bits per heavy atom. The number of alkyl carbamates (subject to hydrolysis) is 1. The van der Waals surface area contributed by atoms with Crippen molar-refractivity contribution in [2.24, 2.45) is 0 Å². The molecule has 7 heteroatoms. The minimum absolute atomic E-state index is 0.0816. The van der Waals surface area contributed by atoms with Crippen LogP contribution < -0.4 is 5.32 Å². The minimum atomic E-state index is -3.44. The highest BCUT2D eigenvalue weighted by Gasteiger charge is 2.03. The third-order valence-corrected chi connectivity index (χ3v) is 1.99. The topological polar surface area (TPSA) is 81.7 Å². The molecule has 0 rings (SSSR count). The first kappa shape index (κ1) is 14.2. The Balaban J connectivity index is 3.39. The van der Waals surface area contributed by atoms with E-state index < -0.39 is 16.2 Å². The van der Waals surface area contributed by atoms with Crippen LogP contribution in [0.4, 0.5) is 4.79 Å². The van der Waals surface area contributed by atoms with Gasteiger partial charge in [-0.2, -0.15) is 8.42 Å². The number of nitrogens with one attached hydrogen (secondary N) is 1. The zero-order chi connectivity index (χ0) is 11.7. The van der Waals surface area contributed by atoms with Crippen LogP contribution in [-0.4, -0.2) is 40.5 Å². The molecule has 1 amide bonds. The van der Waals surface area contributed by atoms with Gasteiger partial charge in [-0.25, -0.2) is 4.79 Å². The number of unbranched alkanes of at least 4 members (excludes halogenated alkanes) is 1. The summed E-state index contributed by atoms with van der Waals surface area (Å²) in [5.74, 6) is 0. The Morgan fingerprint density at radius 1 is 1.33 bits per heavy atom. The lowest BCUT2D eigenvalue weighted by Gasteiger charge is -2.05. The maximum atomic E-state index is 10.9. The number of hydrogen-bond donors (Lipinski definition) is 1. The molecule has 0 saturated carbocycles. The summed E-state index contributed by atoms with van der Waals surface area (Å²) in [5, 5.41) is 2.36. The minimum Gasteiger partial charge on any atom is -0.450 e. The first-order valence-electron chi connectivity index (χ1n) is 4.70. The van der Waals surface area contributed by atoms with Crippen molar-refractivity contribution in [3.63, 3.8) is 0 Å². The molecule has 0 bridgehead atoms. The maximum absolute atomic E-state index is 10.9. The van der Waals surface area contributed by atoms with Gasteiger partial charge >= 0.3 is 6.09 Å². The third-order valence-electron chi connectivity index (χ3n) is 1.40. The van der Waals surface area contributed by atoms with E-state index in [2.05, 4.69) is 9.50 Å². The lowest BCUT2D eigenvalue weighted by atomic mass is 10.4. The number of amides is 1. The molecule has 0 aromatic carbocycles. The molecule has 1 N–H and O–H groups in total. The van der Waals surface area contributed by atoms with E-state index in [0.29, 0.717) is 6.61 Å². The smallest absolute Gasteiger partial charge is 0.407 e. The predicted molar refractivity (Wildman–Crippen MR) is 55.1 cm³/mol. The summed E-state index contributed by atoms with van der Waals surface area (Å²) in [6.07, 6.45) is 2.16. The number of hydrogen-bond acceptors (Lipinski definition) is 5. The number of rotatable bonds is 7. The summed E-state index contributed by atoms with van der Waals surface area (Å²) in [4.78, 5) is 10.9. The van der Waals surface area contributed by atoms with Crippen LogP contribution in [0.1, 0.15) is 19.8 Å². The van der Waals surface area contributed by atoms with Gasteiger partial charge in [0.1, 0.15) is 0 Å². The first-order chi connectivity index (χ1) is 6.95. The standard InChI is InChI=1S/C8H17NO5S/c1-3-4-6-13-8(10)9-5-7-14-15(2,11)12/h3-7H2,1-2H3,(H,9,10). The normalized spacial score (nSPS) is 11.1. The molecule has 90 valence electrons. The second-order valence-electron chi connectivity index (χ2n) is 2.94. The van der Waals surface area contributed by atoms with Crippen molar-refractivity contribution in [3.8, 4) is 0 Å². The molecule has 0 aliphatic heterocycles. The molecule has 0 atom stereocenters. The molecule has 0 fully saturated rings. The molecule has 0 aliphatic rings. The summed E-state index contributed by atoms with van der Waals surface area (Å²) in [6.45, 7) is 2.39. The number of carbonyl (C=O) groups is 1. The fourth-order valence-corrected chi connectivity index (χ4v) is 1.09. The van der Waals surface area contributed by atoms with E-state index in [-0.39, 0.29) is 13.2 Å². The van der Waals surface area contributed by atoms with E-state index in [9.17, 15) is 13.2 Å². The number of ether oxygens (including phenoxy) is 1. The molecule has 0 radical (unpaired) electrons. The van der Waals surface area contributed by atoms with Crippen molar-refractivity contribution in [1.29, 1.82) is 0 Å². The van der Waals surface area contributed by atoms with Crippen LogP contribution in [-0.2, 0) is 19.0 Å². The van der Waals surface area contributed by atoms with Crippen LogP contribution in [0, 0.1) is 0 Å². The van der Waals surface area contributed by atoms with Crippen molar-refractivity contribution in [1.82, 2.24) is 5.32 Å². The molecule has 0 saturated heterocycles. The van der Waals surface area contributed by atoms with Gasteiger partial charge < -0.3 is 10.1 Å². The lowest BCUT2D eigenvalue weighted by molar-refractivity contribution is 0.142. The van der Waals surface area contributed by atoms with Crippen molar-refractivity contribution in [2.75, 3.05) is 26.0 Å². The van der Waals surface area contributed by atoms with Crippen LogP contribution in [0.15, 0.2) is 0 Å². The first-order valence-corrected chi connectivity index (χ1v) is 6.52. The Morgan fingerprint density at radius 3 is 2.53 bits per heavy atom. The van der Waals surface area contributed by atoms with Gasteiger partial charge in [-0.05, 0) is 6.42 Å². The van der Waals surface area contributed by atoms with Crippen molar-refractivity contribution in [3.05, 3.63) is 0 Å². The quantitative estimate of drug-likeness (QED) is 0.516. The highest BCUT2D eigenvalue weighted by molar-refractivity contribution is 7.85. The third kappa shape index (κ3) is 11.1.